The van der Waals surface area contributed by atoms with Gasteiger partial charge in [0.2, 0.25) is 5.88 Å². The minimum absolute atomic E-state index is 0.0230. The highest BCUT2D eigenvalue weighted by Gasteiger charge is 2.09. The molecule has 0 atom stereocenters. The Labute approximate surface area is 183 Å². The Morgan fingerprint density at radius 2 is 2.00 bits per heavy atom. The highest BCUT2D eigenvalue weighted by atomic mass is 32.1. The molecule has 8 heteroatoms. The number of hydrogen-bond acceptors (Lipinski definition) is 6. The summed E-state index contributed by atoms with van der Waals surface area (Å²) in [5, 5.41) is 10.9. The molecule has 160 valence electrons. The zero-order valence-electron chi connectivity index (χ0n) is 17.3. The quantitative estimate of drug-likeness (QED) is 0.366. The standard InChI is InChI=1S/C23H23N3O4S/c1-14-15(2)31-23(26-14)16-4-7-21(25-12-16)30-9-3-8-29-18-5-6-20-19(11-18)17(13-24-20)10-22(27)28/h4-7,11-13,24H,3,8-10H2,1-2H3,(H,27,28). The van der Waals surface area contributed by atoms with E-state index >= 15 is 0 Å². The molecular weight excluding hydrogens is 414 g/mol. The molecule has 0 radical (unpaired) electrons. The maximum atomic E-state index is 11.0. The van der Waals surface area contributed by atoms with Crippen molar-refractivity contribution in [3.05, 3.63) is 58.9 Å². The molecule has 1 aromatic carbocycles. The number of carbonyl (C=O) groups is 1. The molecule has 0 aliphatic rings. The number of nitrogens with one attached hydrogen (secondary N) is 1. The fourth-order valence-electron chi connectivity index (χ4n) is 3.17. The van der Waals surface area contributed by atoms with Crippen molar-refractivity contribution >= 4 is 28.2 Å². The van der Waals surface area contributed by atoms with Crippen molar-refractivity contribution in [3.63, 3.8) is 0 Å². The Kier molecular flexibility index (Phi) is 6.18. The highest BCUT2D eigenvalue weighted by Crippen LogP contribution is 2.27. The SMILES string of the molecule is Cc1nc(-c2ccc(OCCCOc3ccc4[nH]cc(CC(=O)O)c4c3)nc2)sc1C. The maximum absolute atomic E-state index is 11.0. The van der Waals surface area contributed by atoms with Crippen LogP contribution in [-0.2, 0) is 11.2 Å². The molecule has 0 saturated heterocycles. The lowest BCUT2D eigenvalue weighted by Gasteiger charge is -2.08. The second-order valence-corrected chi connectivity index (χ2v) is 8.39. The zero-order chi connectivity index (χ0) is 21.8. The van der Waals surface area contributed by atoms with E-state index in [1.165, 1.54) is 4.88 Å². The number of fused-ring (bicyclic) bond motifs is 1. The number of H-pyrrole nitrogens is 1. The third kappa shape index (κ3) is 5.03. The first-order chi connectivity index (χ1) is 15.0. The molecule has 0 aliphatic carbocycles. The van der Waals surface area contributed by atoms with Gasteiger partial charge < -0.3 is 19.6 Å². The highest BCUT2D eigenvalue weighted by molar-refractivity contribution is 7.15. The summed E-state index contributed by atoms with van der Waals surface area (Å²) in [5.74, 6) is 0.416. The molecule has 0 unspecified atom stereocenters. The van der Waals surface area contributed by atoms with Crippen molar-refractivity contribution in [1.82, 2.24) is 15.0 Å². The number of nitrogens with zero attached hydrogens (tertiary/aromatic N) is 2. The van der Waals surface area contributed by atoms with Crippen LogP contribution in [0.3, 0.4) is 0 Å². The molecule has 3 aromatic heterocycles. The van der Waals surface area contributed by atoms with Crippen LogP contribution in [0.25, 0.3) is 21.5 Å². The van der Waals surface area contributed by atoms with Crippen molar-refractivity contribution < 1.29 is 19.4 Å². The predicted molar refractivity (Wildman–Crippen MR) is 120 cm³/mol. The molecule has 0 saturated carbocycles. The van der Waals surface area contributed by atoms with Crippen LogP contribution < -0.4 is 9.47 Å². The molecule has 4 rings (SSSR count). The fraction of sp³-hybridized carbons (Fsp3) is 0.261. The number of carboxylic acids is 1. The average Bonchev–Trinajstić information content (AvgIpc) is 3.30. The van der Waals surface area contributed by atoms with Gasteiger partial charge in [0, 0.05) is 46.2 Å². The van der Waals surface area contributed by atoms with Gasteiger partial charge >= 0.3 is 5.97 Å². The summed E-state index contributed by atoms with van der Waals surface area (Å²) < 4.78 is 11.5. The number of aromatic nitrogens is 3. The van der Waals surface area contributed by atoms with Gasteiger partial charge in [-0.25, -0.2) is 9.97 Å². The third-order valence-electron chi connectivity index (χ3n) is 4.90. The van der Waals surface area contributed by atoms with Gasteiger partial charge in [-0.3, -0.25) is 4.79 Å². The van der Waals surface area contributed by atoms with Crippen LogP contribution in [0.15, 0.2) is 42.7 Å². The molecule has 4 aromatic rings. The Morgan fingerprint density at radius 1 is 1.16 bits per heavy atom. The van der Waals surface area contributed by atoms with Crippen LogP contribution in [0.5, 0.6) is 11.6 Å². The van der Waals surface area contributed by atoms with Gasteiger partial charge in [-0.15, -0.1) is 11.3 Å². The second-order valence-electron chi connectivity index (χ2n) is 7.19. The van der Waals surface area contributed by atoms with Crippen LogP contribution in [0.1, 0.15) is 22.6 Å². The van der Waals surface area contributed by atoms with Gasteiger partial charge in [0.15, 0.2) is 0 Å². The minimum atomic E-state index is -0.858. The van der Waals surface area contributed by atoms with E-state index in [1.807, 2.05) is 37.3 Å². The van der Waals surface area contributed by atoms with E-state index in [0.717, 1.165) is 32.7 Å². The number of benzene rings is 1. The molecule has 0 amide bonds. The lowest BCUT2D eigenvalue weighted by atomic mass is 10.1. The summed E-state index contributed by atoms with van der Waals surface area (Å²) in [7, 11) is 0. The van der Waals surface area contributed by atoms with Gasteiger partial charge in [-0.1, -0.05) is 0 Å². The van der Waals surface area contributed by atoms with Crippen LogP contribution in [-0.4, -0.2) is 39.2 Å². The van der Waals surface area contributed by atoms with Crippen LogP contribution in [0.2, 0.25) is 0 Å². The summed E-state index contributed by atoms with van der Waals surface area (Å²) in [6, 6.07) is 9.45. The fourth-order valence-corrected chi connectivity index (χ4v) is 4.08. The Morgan fingerprint density at radius 3 is 2.71 bits per heavy atom. The third-order valence-corrected chi connectivity index (χ3v) is 6.02. The van der Waals surface area contributed by atoms with E-state index in [2.05, 4.69) is 21.9 Å². The van der Waals surface area contributed by atoms with E-state index < -0.39 is 5.97 Å². The lowest BCUT2D eigenvalue weighted by Crippen LogP contribution is -2.05. The number of aryl methyl sites for hydroxylation is 2. The molecule has 0 bridgehead atoms. The Balaban J connectivity index is 1.26. The largest absolute Gasteiger partial charge is 0.493 e. The first kappa shape index (κ1) is 20.9. The minimum Gasteiger partial charge on any atom is -0.493 e. The van der Waals surface area contributed by atoms with Crippen molar-refractivity contribution in [1.29, 1.82) is 0 Å². The van der Waals surface area contributed by atoms with Gasteiger partial charge in [-0.2, -0.15) is 0 Å². The van der Waals surface area contributed by atoms with Crippen molar-refractivity contribution in [3.8, 4) is 22.2 Å². The molecule has 0 spiro atoms. The molecule has 0 fully saturated rings. The van der Waals surface area contributed by atoms with Crippen molar-refractivity contribution in [2.45, 2.75) is 26.7 Å². The number of ether oxygens (including phenoxy) is 2. The van der Waals surface area contributed by atoms with Crippen LogP contribution in [0, 0.1) is 13.8 Å². The summed E-state index contributed by atoms with van der Waals surface area (Å²) in [6.45, 7) is 5.04. The van der Waals surface area contributed by atoms with Gasteiger partial charge in [-0.05, 0) is 43.7 Å². The number of hydrogen-bond donors (Lipinski definition) is 2. The van der Waals surface area contributed by atoms with Crippen molar-refractivity contribution in [2.24, 2.45) is 0 Å². The van der Waals surface area contributed by atoms with Gasteiger partial charge in [0.25, 0.3) is 0 Å². The van der Waals surface area contributed by atoms with Gasteiger partial charge in [0.05, 0.1) is 25.3 Å². The summed E-state index contributed by atoms with van der Waals surface area (Å²) in [6.07, 6.45) is 4.18. The summed E-state index contributed by atoms with van der Waals surface area (Å²) >= 11 is 1.66. The molecule has 3 heterocycles. The summed E-state index contributed by atoms with van der Waals surface area (Å²) in [5.41, 5.74) is 3.67. The average molecular weight is 438 g/mol. The normalized spacial score (nSPS) is 11.0. The number of thiazole rings is 1. The van der Waals surface area contributed by atoms with E-state index in [9.17, 15) is 4.79 Å². The first-order valence-corrected chi connectivity index (χ1v) is 10.8. The molecule has 2 N–H and O–H groups in total. The van der Waals surface area contributed by atoms with E-state index in [0.29, 0.717) is 31.3 Å². The summed E-state index contributed by atoms with van der Waals surface area (Å²) in [4.78, 5) is 24.2. The topological polar surface area (TPSA) is 97.3 Å². The van der Waals surface area contributed by atoms with E-state index in [1.54, 1.807) is 23.7 Å². The number of aromatic amines is 1. The smallest absolute Gasteiger partial charge is 0.307 e. The molecule has 7 nitrogen and oxygen atoms in total. The number of carboxylic acid groups (broad SMARTS) is 1. The number of rotatable bonds is 9. The molecule has 0 aliphatic heterocycles. The van der Waals surface area contributed by atoms with E-state index in [4.69, 9.17) is 14.6 Å². The lowest BCUT2D eigenvalue weighted by molar-refractivity contribution is -0.136. The predicted octanol–water partition coefficient (Wildman–Crippen LogP) is 4.78. The van der Waals surface area contributed by atoms with E-state index in [-0.39, 0.29) is 6.42 Å². The van der Waals surface area contributed by atoms with Crippen LogP contribution >= 0.6 is 11.3 Å². The Hall–Kier alpha value is -3.39. The Bertz CT molecular complexity index is 1180. The maximum Gasteiger partial charge on any atom is 0.307 e. The molecule has 31 heavy (non-hydrogen) atoms. The van der Waals surface area contributed by atoms with Crippen molar-refractivity contribution in [2.75, 3.05) is 13.2 Å². The van der Waals surface area contributed by atoms with Crippen LogP contribution in [0.4, 0.5) is 0 Å². The monoisotopic (exact) mass is 437 g/mol. The number of pyridine rings is 1. The van der Waals surface area contributed by atoms with Gasteiger partial charge in [0.1, 0.15) is 10.8 Å². The zero-order valence-corrected chi connectivity index (χ0v) is 18.2. The number of aliphatic carboxylic acids is 1. The molecular formula is C23H23N3O4S. The first-order valence-electron chi connectivity index (χ1n) is 9.97. The second kappa shape index (κ2) is 9.18.